The van der Waals surface area contributed by atoms with Gasteiger partial charge in [0.05, 0.1) is 10.4 Å². The molecule has 0 saturated heterocycles. The van der Waals surface area contributed by atoms with Crippen molar-refractivity contribution >= 4 is 35.1 Å². The van der Waals surface area contributed by atoms with Crippen LogP contribution in [0.15, 0.2) is 12.7 Å². The highest BCUT2D eigenvalue weighted by atomic mass is 35.5. The van der Waals surface area contributed by atoms with E-state index in [0.717, 1.165) is 10.4 Å². The van der Waals surface area contributed by atoms with Gasteiger partial charge in [-0.1, -0.05) is 30.3 Å². The fourth-order valence-corrected chi connectivity index (χ4v) is 1.94. The van der Waals surface area contributed by atoms with Gasteiger partial charge in [-0.2, -0.15) is 0 Å². The molecule has 0 nitrogen and oxygen atoms in total. The highest BCUT2D eigenvalue weighted by molar-refractivity contribution is 7.11. The van der Waals surface area contributed by atoms with Gasteiger partial charge in [-0.05, 0) is 13.0 Å². The summed E-state index contributed by atoms with van der Waals surface area (Å²) in [6.45, 7) is 5.65. The highest BCUT2D eigenvalue weighted by Crippen LogP contribution is 2.28. The van der Waals surface area contributed by atoms with Gasteiger partial charge in [0, 0.05) is 10.4 Å². The minimum Gasteiger partial charge on any atom is -0.133 e. The maximum absolute atomic E-state index is 5.83. The summed E-state index contributed by atoms with van der Waals surface area (Å²) >= 11 is 7.34. The molecule has 1 heterocycles. The Morgan fingerprint density at radius 2 is 2.36 bits per heavy atom. The Labute approximate surface area is 75.8 Å². The van der Waals surface area contributed by atoms with Crippen molar-refractivity contribution < 1.29 is 0 Å². The molecule has 0 bridgehead atoms. The second-order valence-electron chi connectivity index (χ2n) is 2.00. The summed E-state index contributed by atoms with van der Waals surface area (Å²) in [4.78, 5) is 1.12. The molecule has 0 fully saturated rings. The molecule has 57 valence electrons. The van der Waals surface area contributed by atoms with Crippen LogP contribution in [0.2, 0.25) is 5.02 Å². The lowest BCUT2D eigenvalue weighted by Crippen LogP contribution is -1.68. The van der Waals surface area contributed by atoms with E-state index in [1.165, 1.54) is 11.3 Å². The SMILES string of the molecule is C=Cc1c(Cl)[c]sc1/C=C\C. The predicted octanol–water partition coefficient (Wildman–Crippen LogP) is 3.88. The molecule has 0 aliphatic carbocycles. The minimum absolute atomic E-state index is 0.665. The van der Waals surface area contributed by atoms with Crippen molar-refractivity contribution in [1.82, 2.24) is 0 Å². The van der Waals surface area contributed by atoms with Crippen molar-refractivity contribution in [3.8, 4) is 0 Å². The third kappa shape index (κ3) is 1.73. The summed E-state index contributed by atoms with van der Waals surface area (Å²) in [7, 11) is 0. The van der Waals surface area contributed by atoms with Crippen LogP contribution < -0.4 is 0 Å². The van der Waals surface area contributed by atoms with Crippen LogP contribution in [0, 0.1) is 5.38 Å². The lowest BCUT2D eigenvalue weighted by molar-refractivity contribution is 1.76. The fourth-order valence-electron chi connectivity index (χ4n) is 0.783. The molecule has 0 unspecified atom stereocenters. The van der Waals surface area contributed by atoms with Crippen LogP contribution in [0.5, 0.6) is 0 Å². The van der Waals surface area contributed by atoms with E-state index in [1.54, 1.807) is 6.08 Å². The number of allylic oxidation sites excluding steroid dienone is 1. The van der Waals surface area contributed by atoms with Crippen LogP contribution in [0.4, 0.5) is 0 Å². The summed E-state index contributed by atoms with van der Waals surface area (Å²) in [5.41, 5.74) is 0.981. The third-order valence-corrected chi connectivity index (χ3v) is 2.57. The van der Waals surface area contributed by atoms with Crippen molar-refractivity contribution in [1.29, 1.82) is 0 Å². The molecule has 0 aromatic carbocycles. The standard InChI is InChI=1S/C9H8ClS/c1-3-5-9-7(4-2)8(10)6-11-9/h3-5H,2H2,1H3/b5-3-. The van der Waals surface area contributed by atoms with E-state index < -0.39 is 0 Å². The minimum atomic E-state index is 0.665. The molecule has 0 aliphatic rings. The molecule has 1 radical (unpaired) electrons. The van der Waals surface area contributed by atoms with Crippen LogP contribution in [-0.2, 0) is 0 Å². The molecular weight excluding hydrogens is 176 g/mol. The zero-order valence-corrected chi connectivity index (χ0v) is 7.80. The van der Waals surface area contributed by atoms with E-state index in [-0.39, 0.29) is 0 Å². The number of rotatable bonds is 2. The Morgan fingerprint density at radius 3 is 2.91 bits per heavy atom. The van der Waals surface area contributed by atoms with Gasteiger partial charge in [-0.15, -0.1) is 11.3 Å². The first-order valence-electron chi connectivity index (χ1n) is 3.24. The molecule has 1 aromatic heterocycles. The summed E-state index contributed by atoms with van der Waals surface area (Å²) in [5, 5.41) is 3.62. The van der Waals surface area contributed by atoms with Crippen LogP contribution in [0.3, 0.4) is 0 Å². The van der Waals surface area contributed by atoms with Gasteiger partial charge in [-0.25, -0.2) is 0 Å². The van der Waals surface area contributed by atoms with Gasteiger partial charge < -0.3 is 0 Å². The lowest BCUT2D eigenvalue weighted by atomic mass is 10.2. The summed E-state index contributed by atoms with van der Waals surface area (Å²) in [6.07, 6.45) is 5.73. The molecule has 1 aromatic rings. The van der Waals surface area contributed by atoms with Crippen LogP contribution in [0.1, 0.15) is 17.4 Å². The van der Waals surface area contributed by atoms with Gasteiger partial charge >= 0.3 is 0 Å². The maximum Gasteiger partial charge on any atom is 0.0679 e. The molecular formula is C9H8ClS. The Kier molecular flexibility index (Phi) is 2.92. The Morgan fingerprint density at radius 1 is 1.64 bits per heavy atom. The summed E-state index contributed by atoms with van der Waals surface area (Å²) in [5.74, 6) is 0. The first-order chi connectivity index (χ1) is 5.29. The van der Waals surface area contributed by atoms with Gasteiger partial charge in [0.15, 0.2) is 0 Å². The van der Waals surface area contributed by atoms with Crippen LogP contribution >= 0.6 is 22.9 Å². The molecule has 0 atom stereocenters. The molecule has 11 heavy (non-hydrogen) atoms. The Balaban J connectivity index is 3.15. The van der Waals surface area contributed by atoms with E-state index in [9.17, 15) is 0 Å². The summed E-state index contributed by atoms with van der Waals surface area (Å²) in [6, 6.07) is 0. The lowest BCUT2D eigenvalue weighted by Gasteiger charge is -1.89. The van der Waals surface area contributed by atoms with Crippen molar-refractivity contribution in [3.63, 3.8) is 0 Å². The molecule has 0 saturated carbocycles. The van der Waals surface area contributed by atoms with Crippen LogP contribution in [0.25, 0.3) is 12.2 Å². The van der Waals surface area contributed by atoms with Gasteiger partial charge in [-0.3, -0.25) is 0 Å². The molecule has 0 amide bonds. The normalized spacial score (nSPS) is 10.7. The quantitative estimate of drug-likeness (QED) is 0.653. The molecule has 1 rings (SSSR count). The molecule has 0 spiro atoms. The first-order valence-corrected chi connectivity index (χ1v) is 4.44. The first kappa shape index (κ1) is 8.57. The number of thiophene rings is 1. The van der Waals surface area contributed by atoms with E-state index in [1.807, 2.05) is 19.1 Å². The highest BCUT2D eigenvalue weighted by Gasteiger charge is 2.03. The van der Waals surface area contributed by atoms with E-state index >= 15 is 0 Å². The number of halogens is 1. The molecule has 0 aliphatic heterocycles. The van der Waals surface area contributed by atoms with Gasteiger partial charge in [0.1, 0.15) is 0 Å². The van der Waals surface area contributed by atoms with E-state index in [2.05, 4.69) is 12.0 Å². The zero-order valence-electron chi connectivity index (χ0n) is 6.23. The van der Waals surface area contributed by atoms with E-state index in [0.29, 0.717) is 5.02 Å². The monoisotopic (exact) mass is 183 g/mol. The van der Waals surface area contributed by atoms with Crippen LogP contribution in [-0.4, -0.2) is 0 Å². The Bertz CT molecular complexity index is 284. The number of hydrogen-bond donors (Lipinski definition) is 0. The van der Waals surface area contributed by atoms with Gasteiger partial charge in [0.25, 0.3) is 0 Å². The second kappa shape index (κ2) is 3.74. The zero-order chi connectivity index (χ0) is 8.27. The second-order valence-corrected chi connectivity index (χ2v) is 3.23. The summed E-state index contributed by atoms with van der Waals surface area (Å²) < 4.78 is 0. The van der Waals surface area contributed by atoms with Crippen molar-refractivity contribution in [2.24, 2.45) is 0 Å². The number of hydrogen-bond acceptors (Lipinski definition) is 1. The molecule has 2 heteroatoms. The molecule has 0 N–H and O–H groups in total. The smallest absolute Gasteiger partial charge is 0.0679 e. The Hall–Kier alpha value is -0.530. The average molecular weight is 184 g/mol. The largest absolute Gasteiger partial charge is 0.133 e. The van der Waals surface area contributed by atoms with Crippen molar-refractivity contribution in [3.05, 3.63) is 33.5 Å². The van der Waals surface area contributed by atoms with Crippen molar-refractivity contribution in [2.45, 2.75) is 6.92 Å². The van der Waals surface area contributed by atoms with Crippen molar-refractivity contribution in [2.75, 3.05) is 0 Å². The topological polar surface area (TPSA) is 0 Å². The maximum atomic E-state index is 5.83. The fraction of sp³-hybridized carbons (Fsp3) is 0.111. The van der Waals surface area contributed by atoms with Gasteiger partial charge in [0.2, 0.25) is 0 Å². The average Bonchev–Trinajstić information content (AvgIpc) is 2.33. The van der Waals surface area contributed by atoms with E-state index in [4.69, 9.17) is 11.6 Å². The predicted molar refractivity (Wildman–Crippen MR) is 53.0 cm³/mol. The third-order valence-electron chi connectivity index (χ3n) is 1.27.